The minimum Gasteiger partial charge on any atom is -0.239 e. The van der Waals surface area contributed by atoms with Gasteiger partial charge in [-0.3, -0.25) is 0 Å². The summed E-state index contributed by atoms with van der Waals surface area (Å²) >= 11 is 4.18. The Bertz CT molecular complexity index is 201. The fourth-order valence-corrected chi connectivity index (χ4v) is 0.833. The normalized spacial score (nSPS) is 9.80. The maximum Gasteiger partial charge on any atom is 0.140 e. The van der Waals surface area contributed by atoms with Crippen LogP contribution in [-0.2, 0) is 5.75 Å². The van der Waals surface area contributed by atoms with E-state index in [4.69, 9.17) is 0 Å². The highest BCUT2D eigenvalue weighted by Crippen LogP contribution is 2.08. The number of thiol groups is 1. The quantitative estimate of drug-likeness (QED) is 0.697. The fraction of sp³-hybridized carbons (Fsp3) is 0.200. The molecule has 5 heteroatoms. The van der Waals surface area contributed by atoms with Crippen LogP contribution in [0.3, 0.4) is 0 Å². The SMILES string of the molecule is FSCc1ncc(S)cn1. The molecule has 0 unspecified atom stereocenters. The maximum atomic E-state index is 11.6. The zero-order valence-corrected chi connectivity index (χ0v) is 6.70. The summed E-state index contributed by atoms with van der Waals surface area (Å²) in [7, 11) is 0. The lowest BCUT2D eigenvalue weighted by molar-refractivity contribution is 0.914. The third-order valence-corrected chi connectivity index (χ3v) is 1.47. The lowest BCUT2D eigenvalue weighted by Crippen LogP contribution is -1.89. The molecule has 1 rings (SSSR count). The van der Waals surface area contributed by atoms with Gasteiger partial charge in [-0.05, 0) is 0 Å². The predicted octanol–water partition coefficient (Wildman–Crippen LogP) is 1.88. The van der Waals surface area contributed by atoms with Crippen molar-refractivity contribution in [2.45, 2.75) is 10.6 Å². The van der Waals surface area contributed by atoms with Crippen LogP contribution in [0.25, 0.3) is 0 Å². The molecule has 2 nitrogen and oxygen atoms in total. The molecule has 0 N–H and O–H groups in total. The van der Waals surface area contributed by atoms with Gasteiger partial charge in [-0.25, -0.2) is 9.97 Å². The molecule has 0 saturated heterocycles. The van der Waals surface area contributed by atoms with Crippen molar-refractivity contribution < 1.29 is 3.89 Å². The highest BCUT2D eigenvalue weighted by molar-refractivity contribution is 7.93. The van der Waals surface area contributed by atoms with Gasteiger partial charge in [0.05, 0.1) is 17.9 Å². The maximum absolute atomic E-state index is 11.6. The second kappa shape index (κ2) is 3.78. The first-order valence-corrected chi connectivity index (χ1v) is 3.89. The molecule has 1 aromatic heterocycles. The molecule has 54 valence electrons. The summed E-state index contributed by atoms with van der Waals surface area (Å²) in [6, 6.07) is 0. The molecular formula is C5H5FN2S2. The van der Waals surface area contributed by atoms with Gasteiger partial charge in [0.1, 0.15) is 5.82 Å². The van der Waals surface area contributed by atoms with Crippen LogP contribution >= 0.6 is 24.8 Å². The molecule has 0 amide bonds. The number of hydrogen-bond donors (Lipinski definition) is 1. The number of nitrogens with zero attached hydrogens (tertiary/aromatic N) is 2. The number of hydrogen-bond acceptors (Lipinski definition) is 4. The molecule has 10 heavy (non-hydrogen) atoms. The van der Waals surface area contributed by atoms with E-state index in [-0.39, 0.29) is 17.9 Å². The Labute approximate surface area is 68.0 Å². The summed E-state index contributed by atoms with van der Waals surface area (Å²) in [5.41, 5.74) is 0. The van der Waals surface area contributed by atoms with Gasteiger partial charge in [0, 0.05) is 17.3 Å². The molecule has 1 aromatic rings. The van der Waals surface area contributed by atoms with Gasteiger partial charge in [-0.1, -0.05) is 0 Å². The summed E-state index contributed by atoms with van der Waals surface area (Å²) < 4.78 is 11.6. The highest BCUT2D eigenvalue weighted by atomic mass is 32.2. The van der Waals surface area contributed by atoms with E-state index in [1.807, 2.05) is 0 Å². The molecule has 0 aliphatic heterocycles. The average molecular weight is 176 g/mol. The Hall–Kier alpha value is -0.290. The Balaban J connectivity index is 2.69. The second-order valence-corrected chi connectivity index (χ2v) is 2.63. The van der Waals surface area contributed by atoms with Crippen LogP contribution < -0.4 is 0 Å². The van der Waals surface area contributed by atoms with Gasteiger partial charge >= 0.3 is 0 Å². The van der Waals surface area contributed by atoms with Gasteiger partial charge in [0.15, 0.2) is 0 Å². The topological polar surface area (TPSA) is 25.8 Å². The molecule has 0 saturated carbocycles. The zero-order chi connectivity index (χ0) is 7.40. The summed E-state index contributed by atoms with van der Waals surface area (Å²) in [5.74, 6) is 0.693. The van der Waals surface area contributed by atoms with Gasteiger partial charge in [0.25, 0.3) is 0 Å². The molecule has 1 heterocycles. The standard InChI is InChI=1S/C5H5FN2S2/c6-10-3-5-7-1-4(9)2-8-5/h1-2,9H,3H2. The van der Waals surface area contributed by atoms with E-state index in [1.54, 1.807) is 12.4 Å². The predicted molar refractivity (Wildman–Crippen MR) is 41.7 cm³/mol. The fourth-order valence-electron chi connectivity index (χ4n) is 0.471. The van der Waals surface area contributed by atoms with E-state index >= 15 is 0 Å². The summed E-state index contributed by atoms with van der Waals surface area (Å²) in [4.78, 5) is 8.33. The number of halogens is 1. The summed E-state index contributed by atoms with van der Waals surface area (Å²) in [6.45, 7) is 0. The monoisotopic (exact) mass is 176 g/mol. The summed E-state index contributed by atoms with van der Waals surface area (Å²) in [5, 5.41) is 0. The Morgan fingerprint density at radius 1 is 1.50 bits per heavy atom. The van der Waals surface area contributed by atoms with Crippen molar-refractivity contribution in [1.29, 1.82) is 0 Å². The van der Waals surface area contributed by atoms with Crippen LogP contribution in [0, 0.1) is 0 Å². The Morgan fingerprint density at radius 3 is 2.60 bits per heavy atom. The van der Waals surface area contributed by atoms with E-state index in [9.17, 15) is 3.89 Å². The minimum absolute atomic E-state index is 0.202. The second-order valence-electron chi connectivity index (χ2n) is 1.61. The highest BCUT2D eigenvalue weighted by Gasteiger charge is 1.94. The lowest BCUT2D eigenvalue weighted by atomic mass is 10.6. The molecule has 0 radical (unpaired) electrons. The molecular weight excluding hydrogens is 171 g/mol. The van der Waals surface area contributed by atoms with E-state index in [1.165, 1.54) is 0 Å². The van der Waals surface area contributed by atoms with Crippen molar-refractivity contribution >= 4 is 24.8 Å². The smallest absolute Gasteiger partial charge is 0.140 e. The number of rotatable bonds is 2. The largest absolute Gasteiger partial charge is 0.239 e. The number of aromatic nitrogens is 2. The van der Waals surface area contributed by atoms with Crippen molar-refractivity contribution in [3.05, 3.63) is 18.2 Å². The first kappa shape index (κ1) is 7.81. The van der Waals surface area contributed by atoms with Gasteiger partial charge < -0.3 is 0 Å². The van der Waals surface area contributed by atoms with Gasteiger partial charge in [-0.2, -0.15) is 3.89 Å². The van der Waals surface area contributed by atoms with Gasteiger partial charge in [0.2, 0.25) is 0 Å². The van der Waals surface area contributed by atoms with Crippen LogP contribution in [-0.4, -0.2) is 9.97 Å². The molecule has 0 atom stereocenters. The lowest BCUT2D eigenvalue weighted by Gasteiger charge is -1.92. The molecule has 0 spiro atoms. The van der Waals surface area contributed by atoms with Crippen LogP contribution in [0.15, 0.2) is 17.3 Å². The third-order valence-electron chi connectivity index (χ3n) is 0.875. The van der Waals surface area contributed by atoms with E-state index in [0.717, 1.165) is 0 Å². The van der Waals surface area contributed by atoms with Crippen molar-refractivity contribution in [1.82, 2.24) is 9.97 Å². The Morgan fingerprint density at radius 2 is 2.10 bits per heavy atom. The van der Waals surface area contributed by atoms with E-state index in [0.29, 0.717) is 10.7 Å². The van der Waals surface area contributed by atoms with Crippen molar-refractivity contribution in [2.24, 2.45) is 0 Å². The molecule has 0 aliphatic carbocycles. The van der Waals surface area contributed by atoms with Crippen LogP contribution in [0.4, 0.5) is 3.89 Å². The summed E-state index contributed by atoms with van der Waals surface area (Å²) in [6.07, 6.45) is 3.09. The minimum atomic E-state index is 0.202. The first-order chi connectivity index (χ1) is 4.83. The van der Waals surface area contributed by atoms with Crippen molar-refractivity contribution in [3.63, 3.8) is 0 Å². The van der Waals surface area contributed by atoms with Crippen molar-refractivity contribution in [2.75, 3.05) is 0 Å². The molecule has 0 fully saturated rings. The first-order valence-electron chi connectivity index (χ1n) is 2.56. The van der Waals surface area contributed by atoms with Crippen molar-refractivity contribution in [3.8, 4) is 0 Å². The van der Waals surface area contributed by atoms with E-state index in [2.05, 4.69) is 22.6 Å². The zero-order valence-electron chi connectivity index (χ0n) is 4.99. The van der Waals surface area contributed by atoms with Crippen LogP contribution in [0.5, 0.6) is 0 Å². The van der Waals surface area contributed by atoms with E-state index < -0.39 is 0 Å². The molecule has 0 bridgehead atoms. The molecule has 0 aromatic carbocycles. The average Bonchev–Trinajstić information content (AvgIpc) is 1.95. The third kappa shape index (κ3) is 2.15. The van der Waals surface area contributed by atoms with Gasteiger partial charge in [-0.15, -0.1) is 12.6 Å². The molecule has 0 aliphatic rings. The Kier molecular flexibility index (Phi) is 2.95. The van der Waals surface area contributed by atoms with Crippen LogP contribution in [0.2, 0.25) is 0 Å². The van der Waals surface area contributed by atoms with Crippen LogP contribution in [0.1, 0.15) is 5.82 Å².